The molecule has 0 atom stereocenters. The van der Waals surface area contributed by atoms with Crippen LogP contribution in [-0.2, 0) is 21.4 Å². The zero-order valence-corrected chi connectivity index (χ0v) is 16.1. The molecule has 1 N–H and O–H groups in total. The minimum absolute atomic E-state index is 0.213. The molecule has 0 unspecified atom stereocenters. The van der Waals surface area contributed by atoms with E-state index in [4.69, 9.17) is 23.2 Å². The van der Waals surface area contributed by atoms with Gasteiger partial charge in [0.25, 0.3) is 0 Å². The van der Waals surface area contributed by atoms with E-state index < -0.39 is 15.9 Å². The van der Waals surface area contributed by atoms with Gasteiger partial charge in [-0.15, -0.1) is 0 Å². The third-order valence-electron chi connectivity index (χ3n) is 3.56. The van der Waals surface area contributed by atoms with Crippen molar-refractivity contribution < 1.29 is 13.2 Å². The van der Waals surface area contributed by atoms with Crippen molar-refractivity contribution in [2.75, 3.05) is 17.1 Å². The van der Waals surface area contributed by atoms with Crippen LogP contribution in [0, 0.1) is 6.92 Å². The maximum Gasteiger partial charge on any atom is 0.241 e. The summed E-state index contributed by atoms with van der Waals surface area (Å²) in [6.45, 7) is 1.63. The first-order chi connectivity index (χ1) is 11.7. The molecule has 1 amide bonds. The number of hydrogen-bond acceptors (Lipinski definition) is 3. The number of hydrogen-bond donors (Lipinski definition) is 1. The maximum atomic E-state index is 12.3. The van der Waals surface area contributed by atoms with Gasteiger partial charge >= 0.3 is 0 Å². The first-order valence-electron chi connectivity index (χ1n) is 7.42. The third kappa shape index (κ3) is 5.36. The highest BCUT2D eigenvalue weighted by Crippen LogP contribution is 2.26. The van der Waals surface area contributed by atoms with Crippen LogP contribution in [0.2, 0.25) is 10.0 Å². The van der Waals surface area contributed by atoms with E-state index in [-0.39, 0.29) is 13.1 Å². The van der Waals surface area contributed by atoms with E-state index in [1.165, 1.54) is 6.07 Å². The Hall–Kier alpha value is -1.76. The second-order valence-electron chi connectivity index (χ2n) is 5.57. The van der Waals surface area contributed by atoms with Gasteiger partial charge in [0, 0.05) is 16.6 Å². The molecule has 0 aliphatic carbocycles. The molecule has 2 rings (SSSR count). The van der Waals surface area contributed by atoms with Gasteiger partial charge in [0.2, 0.25) is 15.9 Å². The summed E-state index contributed by atoms with van der Waals surface area (Å²) < 4.78 is 25.3. The lowest BCUT2D eigenvalue weighted by molar-refractivity contribution is -0.119. The first-order valence-corrected chi connectivity index (χ1v) is 10.0. The quantitative estimate of drug-likeness (QED) is 0.807. The molecule has 0 saturated heterocycles. The van der Waals surface area contributed by atoms with Crippen molar-refractivity contribution in [3.8, 4) is 0 Å². The van der Waals surface area contributed by atoms with Crippen LogP contribution in [-0.4, -0.2) is 27.1 Å². The predicted octanol–water partition coefficient (Wildman–Crippen LogP) is 3.38. The summed E-state index contributed by atoms with van der Waals surface area (Å²) in [5.74, 6) is -0.440. The number of amides is 1. The molecule has 0 fully saturated rings. The minimum Gasteiger partial charge on any atom is -0.350 e. The second kappa shape index (κ2) is 8.08. The van der Waals surface area contributed by atoms with Crippen molar-refractivity contribution in [3.63, 3.8) is 0 Å². The van der Waals surface area contributed by atoms with E-state index in [1.807, 2.05) is 6.07 Å². The minimum atomic E-state index is -3.66. The lowest BCUT2D eigenvalue weighted by atomic mass is 10.2. The SMILES string of the molecule is Cc1ccc(Cl)cc1N(CC(=O)NCc1ccccc1Cl)S(C)(=O)=O. The standard InChI is InChI=1S/C17H18Cl2N2O3S/c1-12-7-8-14(18)9-16(12)21(25(2,23)24)11-17(22)20-10-13-5-3-4-6-15(13)19/h3-9H,10-11H2,1-2H3,(H,20,22). The Bertz CT molecular complexity index is 885. The molecule has 0 aromatic heterocycles. The van der Waals surface area contributed by atoms with Crippen LogP contribution in [0.4, 0.5) is 5.69 Å². The number of aryl methyl sites for hydroxylation is 1. The summed E-state index contributed by atoms with van der Waals surface area (Å²) in [7, 11) is -3.66. The van der Waals surface area contributed by atoms with Crippen LogP contribution < -0.4 is 9.62 Å². The Labute approximate surface area is 157 Å². The predicted molar refractivity (Wildman–Crippen MR) is 102 cm³/mol. The molecular formula is C17H18Cl2N2O3S. The van der Waals surface area contributed by atoms with Crippen LogP contribution in [0.15, 0.2) is 42.5 Å². The van der Waals surface area contributed by atoms with Crippen molar-refractivity contribution >= 4 is 44.8 Å². The molecule has 2 aromatic rings. The van der Waals surface area contributed by atoms with Crippen molar-refractivity contribution in [1.29, 1.82) is 0 Å². The second-order valence-corrected chi connectivity index (χ2v) is 8.32. The molecule has 0 radical (unpaired) electrons. The van der Waals surface area contributed by atoms with E-state index in [0.29, 0.717) is 21.3 Å². The number of sulfonamides is 1. The Kier molecular flexibility index (Phi) is 6.32. The number of nitrogens with one attached hydrogen (secondary N) is 1. The van der Waals surface area contributed by atoms with Gasteiger partial charge in [-0.3, -0.25) is 9.10 Å². The van der Waals surface area contributed by atoms with Crippen LogP contribution in [0.1, 0.15) is 11.1 Å². The number of nitrogens with zero attached hydrogens (tertiary/aromatic N) is 1. The van der Waals surface area contributed by atoms with Crippen molar-refractivity contribution in [2.24, 2.45) is 0 Å². The lowest BCUT2D eigenvalue weighted by Gasteiger charge is -2.24. The fourth-order valence-corrected chi connectivity index (χ4v) is 3.53. The van der Waals surface area contributed by atoms with Gasteiger partial charge in [-0.2, -0.15) is 0 Å². The fraction of sp³-hybridized carbons (Fsp3) is 0.235. The lowest BCUT2D eigenvalue weighted by Crippen LogP contribution is -2.40. The molecule has 5 nitrogen and oxygen atoms in total. The van der Waals surface area contributed by atoms with Gasteiger partial charge in [0.15, 0.2) is 0 Å². The highest BCUT2D eigenvalue weighted by Gasteiger charge is 2.22. The summed E-state index contributed by atoms with van der Waals surface area (Å²) in [5.41, 5.74) is 1.83. The molecule has 0 heterocycles. The Morgan fingerprint density at radius 3 is 2.48 bits per heavy atom. The van der Waals surface area contributed by atoms with Gasteiger partial charge in [-0.1, -0.05) is 47.5 Å². The highest BCUT2D eigenvalue weighted by molar-refractivity contribution is 7.92. The smallest absolute Gasteiger partial charge is 0.241 e. The highest BCUT2D eigenvalue weighted by atomic mass is 35.5. The first kappa shape index (κ1) is 19.6. The van der Waals surface area contributed by atoms with Crippen molar-refractivity contribution in [2.45, 2.75) is 13.5 Å². The largest absolute Gasteiger partial charge is 0.350 e. The van der Waals surface area contributed by atoms with E-state index in [2.05, 4.69) is 5.32 Å². The van der Waals surface area contributed by atoms with E-state index in [0.717, 1.165) is 16.1 Å². The van der Waals surface area contributed by atoms with Crippen molar-refractivity contribution in [1.82, 2.24) is 5.32 Å². The Morgan fingerprint density at radius 2 is 1.84 bits per heavy atom. The Morgan fingerprint density at radius 1 is 1.16 bits per heavy atom. The summed E-state index contributed by atoms with van der Waals surface area (Å²) in [5, 5.41) is 3.61. The molecule has 0 bridgehead atoms. The van der Waals surface area contributed by atoms with Gasteiger partial charge in [-0.25, -0.2) is 8.42 Å². The van der Waals surface area contributed by atoms with E-state index in [9.17, 15) is 13.2 Å². The molecule has 0 aliphatic rings. The van der Waals surface area contributed by atoms with Crippen LogP contribution in [0.3, 0.4) is 0 Å². The van der Waals surface area contributed by atoms with Crippen LogP contribution >= 0.6 is 23.2 Å². The van der Waals surface area contributed by atoms with Gasteiger partial charge in [0.05, 0.1) is 11.9 Å². The van der Waals surface area contributed by atoms with E-state index >= 15 is 0 Å². The summed E-state index contributed by atoms with van der Waals surface area (Å²) in [6.07, 6.45) is 1.05. The third-order valence-corrected chi connectivity index (χ3v) is 5.29. The monoisotopic (exact) mass is 400 g/mol. The molecule has 25 heavy (non-hydrogen) atoms. The van der Waals surface area contributed by atoms with Gasteiger partial charge in [-0.05, 0) is 36.2 Å². The number of anilines is 1. The van der Waals surface area contributed by atoms with Crippen LogP contribution in [0.25, 0.3) is 0 Å². The van der Waals surface area contributed by atoms with Crippen LogP contribution in [0.5, 0.6) is 0 Å². The van der Waals surface area contributed by atoms with Crippen molar-refractivity contribution in [3.05, 3.63) is 63.6 Å². The Balaban J connectivity index is 2.16. The molecule has 2 aromatic carbocycles. The van der Waals surface area contributed by atoms with Gasteiger partial charge < -0.3 is 5.32 Å². The number of benzene rings is 2. The zero-order chi connectivity index (χ0) is 18.6. The fourth-order valence-electron chi connectivity index (χ4n) is 2.25. The van der Waals surface area contributed by atoms with Gasteiger partial charge in [0.1, 0.15) is 6.54 Å². The summed E-state index contributed by atoms with van der Waals surface area (Å²) in [6, 6.07) is 12.0. The summed E-state index contributed by atoms with van der Waals surface area (Å²) in [4.78, 5) is 12.3. The normalized spacial score (nSPS) is 11.2. The zero-order valence-electron chi connectivity index (χ0n) is 13.8. The number of carbonyl (C=O) groups excluding carboxylic acids is 1. The maximum absolute atomic E-state index is 12.3. The number of carbonyl (C=O) groups is 1. The topological polar surface area (TPSA) is 66.5 Å². The molecule has 0 spiro atoms. The number of halogens is 2. The molecule has 0 aliphatic heterocycles. The number of rotatable bonds is 6. The average molecular weight is 401 g/mol. The molecule has 0 saturated carbocycles. The molecule has 134 valence electrons. The summed E-state index contributed by atoms with van der Waals surface area (Å²) >= 11 is 12.0. The van der Waals surface area contributed by atoms with E-state index in [1.54, 1.807) is 37.3 Å². The molecule has 8 heteroatoms. The average Bonchev–Trinajstić information content (AvgIpc) is 2.53. The molecular weight excluding hydrogens is 383 g/mol.